The average molecular weight is 267 g/mol. The topological polar surface area (TPSA) is 46.9 Å². The van der Waals surface area contributed by atoms with Crippen molar-refractivity contribution in [3.05, 3.63) is 42.2 Å². The second-order valence-corrected chi connectivity index (χ2v) is 4.33. The lowest BCUT2D eigenvalue weighted by molar-refractivity contribution is -0.111. The zero-order chi connectivity index (χ0) is 14.4. The van der Waals surface area contributed by atoms with E-state index in [4.69, 9.17) is 0 Å². The van der Waals surface area contributed by atoms with Crippen LogP contribution in [0.1, 0.15) is 26.0 Å². The molecular formula is C16H17N3O. The van der Waals surface area contributed by atoms with Crippen LogP contribution in [-0.2, 0) is 11.2 Å². The van der Waals surface area contributed by atoms with E-state index in [0.29, 0.717) is 0 Å². The molecule has 1 aromatic heterocycles. The van der Waals surface area contributed by atoms with E-state index in [1.54, 1.807) is 13.1 Å². The van der Waals surface area contributed by atoms with E-state index in [9.17, 15) is 4.79 Å². The third-order valence-corrected chi connectivity index (χ3v) is 2.84. The number of hydrogen-bond donors (Lipinski definition) is 1. The Hall–Kier alpha value is -2.54. The van der Waals surface area contributed by atoms with Crippen molar-refractivity contribution >= 4 is 11.6 Å². The standard InChI is InChI=1S/C16H17N3O/c1-3-8-15-14(18-16(20)9-4-2)12-17-19(15)13-10-6-5-7-11-13/h5-7,10-12H,3,8H2,1-2H3,(H,18,20). The fourth-order valence-electron chi connectivity index (χ4n) is 2.01. The normalized spacial score (nSPS) is 9.70. The van der Waals surface area contributed by atoms with Crippen molar-refractivity contribution in [1.29, 1.82) is 0 Å². The summed E-state index contributed by atoms with van der Waals surface area (Å²) in [6, 6.07) is 9.88. The Labute approximate surface area is 118 Å². The Morgan fingerprint density at radius 2 is 2.10 bits per heavy atom. The van der Waals surface area contributed by atoms with Gasteiger partial charge >= 0.3 is 0 Å². The van der Waals surface area contributed by atoms with Crippen molar-refractivity contribution in [1.82, 2.24) is 9.78 Å². The Balaban J connectivity index is 2.36. The summed E-state index contributed by atoms with van der Waals surface area (Å²) < 4.78 is 1.86. The molecule has 0 saturated carbocycles. The molecule has 0 atom stereocenters. The highest BCUT2D eigenvalue weighted by molar-refractivity contribution is 6.04. The predicted octanol–water partition coefficient (Wildman–Crippen LogP) is 2.79. The smallest absolute Gasteiger partial charge is 0.300 e. The molecule has 1 amide bonds. The van der Waals surface area contributed by atoms with Gasteiger partial charge in [-0.2, -0.15) is 5.10 Å². The molecule has 1 heterocycles. The summed E-state index contributed by atoms with van der Waals surface area (Å²) in [5.41, 5.74) is 2.70. The summed E-state index contributed by atoms with van der Waals surface area (Å²) in [7, 11) is 0. The van der Waals surface area contributed by atoms with Crippen LogP contribution in [0.4, 0.5) is 5.69 Å². The first kappa shape index (κ1) is 13.9. The van der Waals surface area contributed by atoms with E-state index < -0.39 is 0 Å². The summed E-state index contributed by atoms with van der Waals surface area (Å²) in [5, 5.41) is 7.16. The molecule has 0 aliphatic heterocycles. The summed E-state index contributed by atoms with van der Waals surface area (Å²) in [5.74, 6) is 4.76. The van der Waals surface area contributed by atoms with Crippen molar-refractivity contribution in [3.8, 4) is 17.5 Å². The van der Waals surface area contributed by atoms with E-state index in [1.165, 1.54) is 0 Å². The third kappa shape index (κ3) is 3.07. The molecule has 0 aliphatic rings. The number of benzene rings is 1. The number of carbonyl (C=O) groups is 1. The second kappa shape index (κ2) is 6.58. The van der Waals surface area contributed by atoms with Gasteiger partial charge in [0.05, 0.1) is 23.3 Å². The van der Waals surface area contributed by atoms with Gasteiger partial charge in [-0.25, -0.2) is 4.68 Å². The molecule has 2 aromatic rings. The quantitative estimate of drug-likeness (QED) is 0.866. The van der Waals surface area contributed by atoms with Gasteiger partial charge in [-0.15, -0.1) is 0 Å². The fourth-order valence-corrected chi connectivity index (χ4v) is 2.01. The van der Waals surface area contributed by atoms with Gasteiger partial charge < -0.3 is 5.32 Å². The highest BCUT2D eigenvalue weighted by Gasteiger charge is 2.12. The summed E-state index contributed by atoms with van der Waals surface area (Å²) in [6.07, 6.45) is 3.48. The van der Waals surface area contributed by atoms with Gasteiger partial charge in [0.25, 0.3) is 5.91 Å². The van der Waals surface area contributed by atoms with Crippen LogP contribution < -0.4 is 5.32 Å². The number of para-hydroxylation sites is 1. The summed E-state index contributed by atoms with van der Waals surface area (Å²) in [4.78, 5) is 11.6. The van der Waals surface area contributed by atoms with Gasteiger partial charge in [0.15, 0.2) is 0 Å². The lowest BCUT2D eigenvalue weighted by Gasteiger charge is -2.08. The molecule has 0 unspecified atom stereocenters. The summed E-state index contributed by atoms with van der Waals surface area (Å²) in [6.45, 7) is 3.74. The fraction of sp³-hybridized carbons (Fsp3) is 0.250. The monoisotopic (exact) mass is 267 g/mol. The minimum absolute atomic E-state index is 0.308. The molecule has 20 heavy (non-hydrogen) atoms. The first-order valence-electron chi connectivity index (χ1n) is 6.62. The number of aromatic nitrogens is 2. The molecule has 0 spiro atoms. The number of nitrogens with zero attached hydrogens (tertiary/aromatic N) is 2. The van der Waals surface area contributed by atoms with Gasteiger partial charge in [-0.1, -0.05) is 37.5 Å². The first-order chi connectivity index (χ1) is 9.76. The molecule has 4 heteroatoms. The van der Waals surface area contributed by atoms with Crippen molar-refractivity contribution in [2.75, 3.05) is 5.32 Å². The van der Waals surface area contributed by atoms with Crippen molar-refractivity contribution < 1.29 is 4.79 Å². The number of amides is 1. The highest BCUT2D eigenvalue weighted by Crippen LogP contribution is 2.20. The summed E-state index contributed by atoms with van der Waals surface area (Å²) >= 11 is 0. The van der Waals surface area contributed by atoms with Crippen LogP contribution in [0.2, 0.25) is 0 Å². The molecular weight excluding hydrogens is 250 g/mol. The molecule has 1 aromatic carbocycles. The van der Waals surface area contributed by atoms with E-state index >= 15 is 0 Å². The Morgan fingerprint density at radius 3 is 2.75 bits per heavy atom. The van der Waals surface area contributed by atoms with E-state index in [-0.39, 0.29) is 5.91 Å². The maximum atomic E-state index is 11.6. The van der Waals surface area contributed by atoms with Gasteiger partial charge in [-0.05, 0) is 31.4 Å². The van der Waals surface area contributed by atoms with Crippen LogP contribution in [0.25, 0.3) is 5.69 Å². The van der Waals surface area contributed by atoms with Crippen LogP contribution in [0.3, 0.4) is 0 Å². The van der Waals surface area contributed by atoms with Gasteiger partial charge in [-0.3, -0.25) is 4.79 Å². The zero-order valence-electron chi connectivity index (χ0n) is 11.7. The largest absolute Gasteiger partial charge is 0.312 e. The van der Waals surface area contributed by atoms with Gasteiger partial charge in [0.2, 0.25) is 0 Å². The minimum atomic E-state index is -0.308. The lowest BCUT2D eigenvalue weighted by atomic mass is 10.2. The molecule has 102 valence electrons. The molecule has 1 N–H and O–H groups in total. The SMILES string of the molecule is CC#CC(=O)Nc1cnn(-c2ccccc2)c1CCC. The Bertz CT molecular complexity index is 647. The lowest BCUT2D eigenvalue weighted by Crippen LogP contribution is -2.11. The van der Waals surface area contributed by atoms with E-state index in [0.717, 1.165) is 29.9 Å². The maximum Gasteiger partial charge on any atom is 0.300 e. The maximum absolute atomic E-state index is 11.6. The molecule has 0 radical (unpaired) electrons. The van der Waals surface area contributed by atoms with Crippen LogP contribution >= 0.6 is 0 Å². The first-order valence-corrected chi connectivity index (χ1v) is 6.62. The Kier molecular flexibility index (Phi) is 4.56. The van der Waals surface area contributed by atoms with Crippen molar-refractivity contribution in [2.45, 2.75) is 26.7 Å². The Morgan fingerprint density at radius 1 is 1.35 bits per heavy atom. The molecule has 2 rings (SSSR count). The molecule has 0 bridgehead atoms. The zero-order valence-corrected chi connectivity index (χ0v) is 11.7. The number of nitrogens with one attached hydrogen (secondary N) is 1. The average Bonchev–Trinajstić information content (AvgIpc) is 2.83. The minimum Gasteiger partial charge on any atom is -0.312 e. The second-order valence-electron chi connectivity index (χ2n) is 4.33. The van der Waals surface area contributed by atoms with Crippen LogP contribution in [0.15, 0.2) is 36.5 Å². The molecule has 0 fully saturated rings. The predicted molar refractivity (Wildman–Crippen MR) is 79.6 cm³/mol. The highest BCUT2D eigenvalue weighted by atomic mass is 16.1. The molecule has 0 aliphatic carbocycles. The van der Waals surface area contributed by atoms with Gasteiger partial charge in [0, 0.05) is 0 Å². The van der Waals surface area contributed by atoms with Crippen LogP contribution in [-0.4, -0.2) is 15.7 Å². The molecule has 4 nitrogen and oxygen atoms in total. The number of hydrogen-bond acceptors (Lipinski definition) is 2. The number of rotatable bonds is 4. The van der Waals surface area contributed by atoms with Crippen LogP contribution in [0.5, 0.6) is 0 Å². The van der Waals surface area contributed by atoms with Crippen molar-refractivity contribution in [3.63, 3.8) is 0 Å². The van der Waals surface area contributed by atoms with E-state index in [2.05, 4.69) is 29.2 Å². The van der Waals surface area contributed by atoms with Crippen LogP contribution in [0, 0.1) is 11.8 Å². The molecule has 0 saturated heterocycles. The number of anilines is 1. The number of carbonyl (C=O) groups excluding carboxylic acids is 1. The third-order valence-electron chi connectivity index (χ3n) is 2.84. The van der Waals surface area contributed by atoms with Gasteiger partial charge in [0.1, 0.15) is 0 Å². The van der Waals surface area contributed by atoms with Crippen molar-refractivity contribution in [2.24, 2.45) is 0 Å². The van der Waals surface area contributed by atoms with E-state index in [1.807, 2.05) is 35.0 Å².